The van der Waals surface area contributed by atoms with E-state index < -0.39 is 21.8 Å². The van der Waals surface area contributed by atoms with Crippen molar-refractivity contribution < 1.29 is 51.8 Å². The zero-order valence-corrected chi connectivity index (χ0v) is 13.7. The second kappa shape index (κ2) is 11.9. The molecule has 2 fully saturated rings. The molecule has 2 nitrogen and oxygen atoms in total. The average Bonchev–Trinajstić information content (AvgIpc) is 2.30. The summed E-state index contributed by atoms with van der Waals surface area (Å²) in [6, 6.07) is 0.903. The Kier molecular flexibility index (Phi) is 12.6. The highest BCUT2D eigenvalue weighted by Crippen LogP contribution is 2.18. The molecule has 0 N–H and O–H groups in total. The number of hydrogen-bond acceptors (Lipinski definition) is 2. The molecular formula is C9H18B3F12N2-3. The van der Waals surface area contributed by atoms with E-state index in [-0.39, 0.29) is 0 Å². The molecule has 0 amide bonds. The van der Waals surface area contributed by atoms with Gasteiger partial charge in [-0.05, 0) is 33.0 Å². The molecule has 17 heteroatoms. The minimum absolute atomic E-state index is 0.903. The maximum Gasteiger partial charge on any atom is 0.673 e. The Morgan fingerprint density at radius 1 is 0.577 bits per heavy atom. The fourth-order valence-electron chi connectivity index (χ4n) is 2.18. The molecule has 2 saturated heterocycles. The average molecular weight is 415 g/mol. The summed E-state index contributed by atoms with van der Waals surface area (Å²) in [6.45, 7) is 5.33. The van der Waals surface area contributed by atoms with Crippen LogP contribution in [0.2, 0.25) is 0 Å². The fraction of sp³-hybridized carbons (Fsp3) is 1.00. The molecule has 2 rings (SSSR count). The highest BCUT2D eigenvalue weighted by Gasteiger charge is 2.29. The van der Waals surface area contributed by atoms with Gasteiger partial charge in [0.15, 0.2) is 0 Å². The second-order valence-electron chi connectivity index (χ2n) is 5.46. The van der Waals surface area contributed by atoms with Crippen LogP contribution in [0.4, 0.5) is 51.8 Å². The second-order valence-corrected chi connectivity index (χ2v) is 5.46. The van der Waals surface area contributed by atoms with Gasteiger partial charge >= 0.3 is 21.8 Å². The monoisotopic (exact) mass is 415 g/mol. The molecule has 0 bridgehead atoms. The summed E-state index contributed by atoms with van der Waals surface area (Å²) < 4.78 is 117. The van der Waals surface area contributed by atoms with Crippen LogP contribution in [-0.2, 0) is 0 Å². The van der Waals surface area contributed by atoms with Crippen molar-refractivity contribution in [3.63, 3.8) is 0 Å². The Hall–Kier alpha value is -0.725. The molecule has 2 heterocycles. The van der Waals surface area contributed by atoms with Gasteiger partial charge in [0.25, 0.3) is 0 Å². The lowest BCUT2D eigenvalue weighted by Gasteiger charge is -2.45. The first-order valence-corrected chi connectivity index (χ1v) is 7.41. The summed E-state index contributed by atoms with van der Waals surface area (Å²) >= 11 is 0. The maximum atomic E-state index is 9.75. The van der Waals surface area contributed by atoms with E-state index in [0.29, 0.717) is 0 Å². The zero-order chi connectivity index (χ0) is 21.2. The SMILES string of the molecule is CN1CC(N2CCCCC2)C1.F[B-](F)(F)F.F[B-](F)(F)F.F[B-](F)(F)F. The Labute approximate surface area is 143 Å². The van der Waals surface area contributed by atoms with E-state index in [1.54, 1.807) is 0 Å². The predicted octanol–water partition coefficient (Wildman–Crippen LogP) is 4.69. The summed E-state index contributed by atoms with van der Waals surface area (Å²) in [6.07, 6.45) is 4.32. The molecule has 0 aromatic heterocycles. The van der Waals surface area contributed by atoms with Crippen LogP contribution >= 0.6 is 0 Å². The zero-order valence-electron chi connectivity index (χ0n) is 13.7. The lowest BCUT2D eigenvalue weighted by atomic mass is 10.0. The highest BCUT2D eigenvalue weighted by molar-refractivity contribution is 6.50. The predicted molar refractivity (Wildman–Crippen MR) is 77.3 cm³/mol. The van der Waals surface area contributed by atoms with Crippen LogP contribution in [0, 0.1) is 0 Å². The van der Waals surface area contributed by atoms with Gasteiger partial charge in [0.05, 0.1) is 0 Å². The molecular weight excluding hydrogens is 397 g/mol. The highest BCUT2D eigenvalue weighted by atomic mass is 19.5. The normalized spacial score (nSPS) is 19.7. The van der Waals surface area contributed by atoms with Crippen LogP contribution in [0.5, 0.6) is 0 Å². The van der Waals surface area contributed by atoms with Crippen molar-refractivity contribution in [2.24, 2.45) is 0 Å². The van der Waals surface area contributed by atoms with Crippen LogP contribution < -0.4 is 0 Å². The first kappa shape index (κ1) is 27.5. The summed E-state index contributed by atoms with van der Waals surface area (Å²) in [5, 5.41) is 0. The number of rotatable bonds is 1. The van der Waals surface area contributed by atoms with E-state index in [0.717, 1.165) is 6.04 Å². The van der Waals surface area contributed by atoms with Crippen molar-refractivity contribution in [3.8, 4) is 0 Å². The van der Waals surface area contributed by atoms with Crippen molar-refractivity contribution in [3.05, 3.63) is 0 Å². The molecule has 0 unspecified atom stereocenters. The molecule has 0 aliphatic carbocycles. The van der Waals surface area contributed by atoms with Crippen LogP contribution in [0.3, 0.4) is 0 Å². The van der Waals surface area contributed by atoms with E-state index in [9.17, 15) is 51.8 Å². The van der Waals surface area contributed by atoms with E-state index in [1.807, 2.05) is 0 Å². The van der Waals surface area contributed by atoms with Gasteiger partial charge in [-0.15, -0.1) is 0 Å². The van der Waals surface area contributed by atoms with Gasteiger partial charge in [0.1, 0.15) is 0 Å². The van der Waals surface area contributed by atoms with Gasteiger partial charge in [-0.25, -0.2) is 0 Å². The van der Waals surface area contributed by atoms with Crippen LogP contribution in [0.15, 0.2) is 0 Å². The molecule has 0 saturated carbocycles. The van der Waals surface area contributed by atoms with Gasteiger partial charge in [-0.1, -0.05) is 6.42 Å². The van der Waals surface area contributed by atoms with Crippen molar-refractivity contribution in [2.75, 3.05) is 33.2 Å². The van der Waals surface area contributed by atoms with E-state index in [4.69, 9.17) is 0 Å². The van der Waals surface area contributed by atoms with Crippen molar-refractivity contribution in [1.82, 2.24) is 9.80 Å². The smallest absolute Gasteiger partial charge is 0.418 e. The molecule has 0 atom stereocenters. The summed E-state index contributed by atoms with van der Waals surface area (Å²) in [7, 11) is -15.8. The van der Waals surface area contributed by atoms with E-state index >= 15 is 0 Å². The molecule has 26 heavy (non-hydrogen) atoms. The molecule has 0 spiro atoms. The molecule has 160 valence electrons. The van der Waals surface area contributed by atoms with Crippen LogP contribution in [0.1, 0.15) is 19.3 Å². The number of likely N-dealkylation sites (tertiary alicyclic amines) is 2. The first-order valence-electron chi connectivity index (χ1n) is 7.41. The van der Waals surface area contributed by atoms with Crippen molar-refractivity contribution >= 4 is 21.8 Å². The van der Waals surface area contributed by atoms with Gasteiger partial charge < -0.3 is 56.7 Å². The third-order valence-corrected chi connectivity index (χ3v) is 2.95. The Morgan fingerprint density at radius 2 is 0.846 bits per heavy atom. The lowest BCUT2D eigenvalue weighted by Crippen LogP contribution is -2.58. The molecule has 0 aromatic rings. The van der Waals surface area contributed by atoms with Crippen molar-refractivity contribution in [2.45, 2.75) is 25.3 Å². The number of halogens is 12. The van der Waals surface area contributed by atoms with Gasteiger partial charge in [0, 0.05) is 19.1 Å². The van der Waals surface area contributed by atoms with Crippen LogP contribution in [0.25, 0.3) is 0 Å². The van der Waals surface area contributed by atoms with Gasteiger partial charge in [-0.2, -0.15) is 0 Å². The topological polar surface area (TPSA) is 6.48 Å². The van der Waals surface area contributed by atoms with E-state index in [2.05, 4.69) is 16.8 Å². The molecule has 2 aliphatic heterocycles. The largest absolute Gasteiger partial charge is 0.673 e. The number of likely N-dealkylation sites (N-methyl/N-ethyl adjacent to an activating group) is 1. The third-order valence-electron chi connectivity index (χ3n) is 2.95. The summed E-state index contributed by atoms with van der Waals surface area (Å²) in [5.74, 6) is 0. The standard InChI is InChI=1S/C9H18N2.3BF4/c1-10-7-9(8-10)11-5-3-2-4-6-11;3*2-1(3,4)5/h9H,2-8H2,1H3;;;/q;3*-1. The van der Waals surface area contributed by atoms with E-state index in [1.165, 1.54) is 45.4 Å². The quantitative estimate of drug-likeness (QED) is 0.454. The van der Waals surface area contributed by atoms with Gasteiger partial charge in [0.2, 0.25) is 0 Å². The third kappa shape index (κ3) is 31.1. The minimum Gasteiger partial charge on any atom is -0.418 e. The summed E-state index contributed by atoms with van der Waals surface area (Å²) in [5.41, 5.74) is 0. The van der Waals surface area contributed by atoms with Crippen LogP contribution in [-0.4, -0.2) is 70.8 Å². The molecule has 0 radical (unpaired) electrons. The molecule has 2 aliphatic rings. The molecule has 0 aromatic carbocycles. The summed E-state index contributed by atoms with van der Waals surface area (Å²) in [4.78, 5) is 5.07. The number of piperidine rings is 1. The Morgan fingerprint density at radius 3 is 1.08 bits per heavy atom. The number of hydrogen-bond donors (Lipinski definition) is 0. The Bertz CT molecular complexity index is 303. The number of nitrogens with zero attached hydrogens (tertiary/aromatic N) is 2. The van der Waals surface area contributed by atoms with Gasteiger partial charge in [-0.3, -0.25) is 4.90 Å². The lowest BCUT2D eigenvalue weighted by molar-refractivity contribution is 0.0401. The minimum atomic E-state index is -6.00. The van der Waals surface area contributed by atoms with Crippen molar-refractivity contribution in [1.29, 1.82) is 0 Å². The fourth-order valence-corrected chi connectivity index (χ4v) is 2.18. The first-order chi connectivity index (χ1) is 11.4. The maximum absolute atomic E-state index is 9.75. The Balaban J connectivity index is 0.